The maximum absolute atomic E-state index is 11.3. The number of carboxylic acids is 1. The minimum Gasteiger partial charge on any atom is -0.488 e. The Morgan fingerprint density at radius 1 is 1.47 bits per heavy atom. The molecule has 2 heterocycles. The van der Waals surface area contributed by atoms with Crippen molar-refractivity contribution in [2.75, 3.05) is 24.6 Å². The van der Waals surface area contributed by atoms with Gasteiger partial charge < -0.3 is 9.84 Å². The largest absolute Gasteiger partial charge is 0.488 e. The Morgan fingerprint density at radius 3 is 3.11 bits per heavy atom. The van der Waals surface area contributed by atoms with Crippen LogP contribution in [-0.4, -0.2) is 52.7 Å². The van der Waals surface area contributed by atoms with Crippen LogP contribution in [-0.2, 0) is 11.2 Å². The molecule has 1 saturated heterocycles. The normalized spacial score (nSPS) is 26.7. The topological polar surface area (TPSA) is 49.8 Å². The highest BCUT2D eigenvalue weighted by Gasteiger charge is 2.32. The molecule has 5 heteroatoms. The molecule has 1 fully saturated rings. The summed E-state index contributed by atoms with van der Waals surface area (Å²) in [5, 5.41) is 9.26. The van der Waals surface area contributed by atoms with E-state index in [-0.39, 0.29) is 12.1 Å². The molecule has 2 unspecified atom stereocenters. The fraction of sp³-hybridized carbons (Fsp3) is 0.500. The number of ether oxygens (including phenoxy) is 1. The number of benzene rings is 1. The maximum atomic E-state index is 11.3. The predicted molar refractivity (Wildman–Crippen MR) is 74.9 cm³/mol. The molecule has 3 rings (SSSR count). The van der Waals surface area contributed by atoms with Crippen molar-refractivity contribution in [2.45, 2.75) is 18.6 Å². The van der Waals surface area contributed by atoms with Gasteiger partial charge in [-0.3, -0.25) is 9.69 Å². The Balaban J connectivity index is 1.64. The molecular weight excluding hydrogens is 262 g/mol. The van der Waals surface area contributed by atoms with Crippen LogP contribution in [0.2, 0.25) is 0 Å². The second-order valence-electron chi connectivity index (χ2n) is 4.98. The molecule has 1 aromatic rings. The van der Waals surface area contributed by atoms with Gasteiger partial charge in [0.25, 0.3) is 0 Å². The second kappa shape index (κ2) is 5.43. The minimum absolute atomic E-state index is 0.0855. The molecule has 0 aliphatic carbocycles. The van der Waals surface area contributed by atoms with Gasteiger partial charge in [-0.05, 0) is 11.6 Å². The summed E-state index contributed by atoms with van der Waals surface area (Å²) in [5.74, 6) is 1.91. The van der Waals surface area contributed by atoms with E-state index in [1.807, 2.05) is 18.2 Å². The van der Waals surface area contributed by atoms with E-state index in [0.29, 0.717) is 12.3 Å². The Bertz CT molecular complexity index is 455. The third-order valence-corrected chi connectivity index (χ3v) is 4.70. The van der Waals surface area contributed by atoms with E-state index in [4.69, 9.17) is 4.74 Å². The minimum atomic E-state index is -0.720. The summed E-state index contributed by atoms with van der Waals surface area (Å²) in [6, 6.07) is 7.68. The maximum Gasteiger partial charge on any atom is 0.321 e. The van der Waals surface area contributed by atoms with Crippen molar-refractivity contribution in [1.82, 2.24) is 4.90 Å². The van der Waals surface area contributed by atoms with Gasteiger partial charge in [0.1, 0.15) is 17.9 Å². The number of carboxylic acid groups (broad SMARTS) is 1. The number of hydrogen-bond acceptors (Lipinski definition) is 4. The molecular formula is C14H17NO3S. The second-order valence-corrected chi connectivity index (χ2v) is 6.13. The summed E-state index contributed by atoms with van der Waals surface area (Å²) in [5.41, 5.74) is 1.23. The molecule has 0 aromatic heterocycles. The zero-order valence-electron chi connectivity index (χ0n) is 10.6. The van der Waals surface area contributed by atoms with Crippen LogP contribution in [0, 0.1) is 0 Å². The Kier molecular flexibility index (Phi) is 3.66. The molecule has 0 saturated carbocycles. The Morgan fingerprint density at radius 2 is 2.32 bits per heavy atom. The van der Waals surface area contributed by atoms with E-state index in [9.17, 15) is 9.90 Å². The zero-order valence-corrected chi connectivity index (χ0v) is 11.4. The lowest BCUT2D eigenvalue weighted by Crippen LogP contribution is -2.50. The highest BCUT2D eigenvalue weighted by atomic mass is 32.2. The number of thioether (sulfide) groups is 1. The summed E-state index contributed by atoms with van der Waals surface area (Å²) >= 11 is 1.72. The summed E-state index contributed by atoms with van der Waals surface area (Å²) in [4.78, 5) is 13.3. The van der Waals surface area contributed by atoms with Gasteiger partial charge >= 0.3 is 5.97 Å². The number of fused-ring (bicyclic) bond motifs is 1. The van der Waals surface area contributed by atoms with E-state index in [1.54, 1.807) is 11.8 Å². The van der Waals surface area contributed by atoms with Crippen molar-refractivity contribution in [2.24, 2.45) is 0 Å². The Labute approximate surface area is 116 Å². The molecule has 2 aliphatic rings. The fourth-order valence-electron chi connectivity index (χ4n) is 2.70. The van der Waals surface area contributed by atoms with E-state index in [1.165, 1.54) is 5.56 Å². The van der Waals surface area contributed by atoms with Crippen LogP contribution in [0.15, 0.2) is 24.3 Å². The Hall–Kier alpha value is -1.20. The van der Waals surface area contributed by atoms with Crippen molar-refractivity contribution in [3.05, 3.63) is 29.8 Å². The van der Waals surface area contributed by atoms with Gasteiger partial charge in [0.05, 0.1) is 0 Å². The molecule has 0 radical (unpaired) electrons. The average Bonchev–Trinajstić information content (AvgIpc) is 2.81. The van der Waals surface area contributed by atoms with Crippen molar-refractivity contribution in [3.8, 4) is 5.75 Å². The van der Waals surface area contributed by atoms with Crippen LogP contribution >= 0.6 is 11.8 Å². The van der Waals surface area contributed by atoms with E-state index in [2.05, 4.69) is 11.0 Å². The predicted octanol–water partition coefficient (Wildman–Crippen LogP) is 1.49. The van der Waals surface area contributed by atoms with Crippen molar-refractivity contribution < 1.29 is 14.6 Å². The lowest BCUT2D eigenvalue weighted by atomic mass is 10.1. The number of carbonyl (C=O) groups is 1. The van der Waals surface area contributed by atoms with E-state index >= 15 is 0 Å². The van der Waals surface area contributed by atoms with E-state index in [0.717, 1.165) is 24.5 Å². The monoisotopic (exact) mass is 279 g/mol. The third kappa shape index (κ3) is 2.72. The van der Waals surface area contributed by atoms with Crippen LogP contribution in [0.1, 0.15) is 5.56 Å². The first-order chi connectivity index (χ1) is 9.24. The van der Waals surface area contributed by atoms with Crippen molar-refractivity contribution in [1.29, 1.82) is 0 Å². The van der Waals surface area contributed by atoms with Gasteiger partial charge in [0.2, 0.25) is 0 Å². The van der Waals surface area contributed by atoms with Gasteiger partial charge in [-0.15, -0.1) is 0 Å². The van der Waals surface area contributed by atoms with Crippen molar-refractivity contribution in [3.63, 3.8) is 0 Å². The van der Waals surface area contributed by atoms with Gasteiger partial charge in [0.15, 0.2) is 0 Å². The van der Waals surface area contributed by atoms with Crippen molar-refractivity contribution >= 4 is 17.7 Å². The molecule has 102 valence electrons. The first-order valence-electron chi connectivity index (χ1n) is 6.53. The summed E-state index contributed by atoms with van der Waals surface area (Å²) < 4.78 is 5.90. The number of nitrogens with zero attached hydrogens (tertiary/aromatic N) is 1. The number of rotatable bonds is 3. The number of aliphatic carboxylic acids is 1. The average molecular weight is 279 g/mol. The first-order valence-corrected chi connectivity index (χ1v) is 7.68. The number of para-hydroxylation sites is 1. The lowest BCUT2D eigenvalue weighted by molar-refractivity contribution is -0.142. The number of hydrogen-bond donors (Lipinski definition) is 1. The highest BCUT2D eigenvalue weighted by Crippen LogP contribution is 2.29. The lowest BCUT2D eigenvalue weighted by Gasteiger charge is -2.33. The fourth-order valence-corrected chi connectivity index (χ4v) is 3.81. The smallest absolute Gasteiger partial charge is 0.321 e. The molecule has 2 aliphatic heterocycles. The summed E-state index contributed by atoms with van der Waals surface area (Å²) in [6.45, 7) is 1.53. The molecule has 1 N–H and O–H groups in total. The molecule has 19 heavy (non-hydrogen) atoms. The van der Waals surface area contributed by atoms with Crippen LogP contribution in [0.3, 0.4) is 0 Å². The van der Waals surface area contributed by atoms with Gasteiger partial charge in [-0.25, -0.2) is 0 Å². The van der Waals surface area contributed by atoms with Crippen LogP contribution in [0.25, 0.3) is 0 Å². The standard InChI is InChI=1S/C14H17NO3S/c16-14(17)12-9-19-6-5-15(12)8-11-7-10-3-1-2-4-13(10)18-11/h1-4,11-12H,5-9H2,(H,16,17). The highest BCUT2D eigenvalue weighted by molar-refractivity contribution is 7.99. The molecule has 0 spiro atoms. The quantitative estimate of drug-likeness (QED) is 0.908. The zero-order chi connectivity index (χ0) is 13.2. The summed E-state index contributed by atoms with van der Waals surface area (Å²) in [7, 11) is 0. The molecule has 0 amide bonds. The summed E-state index contributed by atoms with van der Waals surface area (Å²) in [6.07, 6.45) is 0.967. The van der Waals surface area contributed by atoms with Crippen LogP contribution in [0.4, 0.5) is 0 Å². The molecule has 1 aromatic carbocycles. The first kappa shape index (κ1) is 12.8. The van der Waals surface area contributed by atoms with Gasteiger partial charge in [0, 0.05) is 31.0 Å². The van der Waals surface area contributed by atoms with Gasteiger partial charge in [-0.2, -0.15) is 11.8 Å². The van der Waals surface area contributed by atoms with Crippen LogP contribution < -0.4 is 4.74 Å². The molecule has 0 bridgehead atoms. The van der Waals surface area contributed by atoms with E-state index < -0.39 is 5.97 Å². The molecule has 4 nitrogen and oxygen atoms in total. The molecule has 2 atom stereocenters. The van der Waals surface area contributed by atoms with Gasteiger partial charge in [-0.1, -0.05) is 18.2 Å². The third-order valence-electron chi connectivity index (χ3n) is 3.68. The van der Waals surface area contributed by atoms with Crippen LogP contribution in [0.5, 0.6) is 5.75 Å². The SMILES string of the molecule is O=C(O)C1CSCCN1CC1Cc2ccccc2O1.